The van der Waals surface area contributed by atoms with Gasteiger partial charge in [0.2, 0.25) is 5.91 Å². The van der Waals surface area contributed by atoms with E-state index >= 15 is 0 Å². The Kier molecular flexibility index (Phi) is 5.41. The summed E-state index contributed by atoms with van der Waals surface area (Å²) in [6, 6.07) is 28.7. The molecular formula is C25H22N2O2. The number of nitriles is 1. The molecule has 1 saturated heterocycles. The molecule has 4 nitrogen and oxygen atoms in total. The Balaban J connectivity index is 1.65. The third-order valence-corrected chi connectivity index (χ3v) is 5.62. The number of nitrogens with zero attached hydrogens (tertiary/aromatic N) is 2. The summed E-state index contributed by atoms with van der Waals surface area (Å²) in [5.41, 5.74) is 3.99. The van der Waals surface area contributed by atoms with E-state index in [1.54, 1.807) is 4.90 Å². The fraction of sp³-hybridized carbons (Fsp3) is 0.200. The van der Waals surface area contributed by atoms with Crippen LogP contribution in [-0.4, -0.2) is 34.6 Å². The monoisotopic (exact) mass is 382 g/mol. The highest BCUT2D eigenvalue weighted by atomic mass is 16.3. The van der Waals surface area contributed by atoms with Crippen LogP contribution in [0.4, 0.5) is 0 Å². The molecule has 3 aromatic carbocycles. The first-order chi connectivity index (χ1) is 14.2. The Morgan fingerprint density at radius 2 is 1.55 bits per heavy atom. The zero-order valence-corrected chi connectivity index (χ0v) is 16.0. The summed E-state index contributed by atoms with van der Waals surface area (Å²) in [7, 11) is 0. The molecule has 1 fully saturated rings. The highest BCUT2D eigenvalue weighted by molar-refractivity contribution is 5.82. The van der Waals surface area contributed by atoms with Gasteiger partial charge in [-0.25, -0.2) is 0 Å². The molecule has 0 unspecified atom stereocenters. The SMILES string of the molecule is N#C[C@H]1[C@@H](c2ccccc2-c2ccccc2)[C@H](CO)N1C(=O)Cc1ccccc1. The summed E-state index contributed by atoms with van der Waals surface area (Å²) >= 11 is 0. The van der Waals surface area contributed by atoms with Gasteiger partial charge in [-0.2, -0.15) is 5.26 Å². The maximum atomic E-state index is 12.9. The van der Waals surface area contributed by atoms with Crippen LogP contribution in [0.3, 0.4) is 0 Å². The molecule has 0 bridgehead atoms. The van der Waals surface area contributed by atoms with Crippen molar-refractivity contribution >= 4 is 5.91 Å². The minimum atomic E-state index is -0.590. The molecule has 3 aromatic rings. The molecule has 0 aliphatic carbocycles. The molecule has 29 heavy (non-hydrogen) atoms. The average molecular weight is 382 g/mol. The van der Waals surface area contributed by atoms with Gasteiger partial charge in [-0.05, 0) is 22.3 Å². The lowest BCUT2D eigenvalue weighted by atomic mass is 9.73. The molecule has 0 spiro atoms. The predicted molar refractivity (Wildman–Crippen MR) is 112 cm³/mol. The van der Waals surface area contributed by atoms with E-state index in [-0.39, 0.29) is 24.9 Å². The number of amides is 1. The molecule has 1 N–H and O–H groups in total. The van der Waals surface area contributed by atoms with Gasteiger partial charge in [0, 0.05) is 5.92 Å². The summed E-state index contributed by atoms with van der Waals surface area (Å²) < 4.78 is 0. The van der Waals surface area contributed by atoms with Gasteiger partial charge in [0.1, 0.15) is 6.04 Å². The summed E-state index contributed by atoms with van der Waals surface area (Å²) in [5, 5.41) is 19.9. The molecule has 1 heterocycles. The lowest BCUT2D eigenvalue weighted by Gasteiger charge is -2.52. The first-order valence-electron chi connectivity index (χ1n) is 9.74. The Morgan fingerprint density at radius 3 is 2.21 bits per heavy atom. The van der Waals surface area contributed by atoms with Crippen molar-refractivity contribution in [2.24, 2.45) is 0 Å². The molecule has 0 radical (unpaired) electrons. The van der Waals surface area contributed by atoms with Gasteiger partial charge in [0.25, 0.3) is 0 Å². The lowest BCUT2D eigenvalue weighted by Crippen LogP contribution is -2.65. The van der Waals surface area contributed by atoms with Gasteiger partial charge >= 0.3 is 0 Å². The van der Waals surface area contributed by atoms with Gasteiger partial charge < -0.3 is 10.0 Å². The predicted octanol–water partition coefficient (Wildman–Crippen LogP) is 3.78. The molecule has 1 aliphatic rings. The minimum Gasteiger partial charge on any atom is -0.394 e. The van der Waals surface area contributed by atoms with Crippen LogP contribution in [0.25, 0.3) is 11.1 Å². The Hall–Kier alpha value is -3.42. The van der Waals surface area contributed by atoms with Crippen molar-refractivity contribution in [3.05, 3.63) is 96.1 Å². The highest BCUT2D eigenvalue weighted by Gasteiger charge is 2.51. The molecule has 1 amide bonds. The fourth-order valence-corrected chi connectivity index (χ4v) is 4.25. The van der Waals surface area contributed by atoms with E-state index < -0.39 is 12.1 Å². The van der Waals surface area contributed by atoms with E-state index in [1.807, 2.05) is 84.9 Å². The molecule has 144 valence electrons. The number of likely N-dealkylation sites (tertiary alicyclic amines) is 1. The van der Waals surface area contributed by atoms with Crippen LogP contribution in [0.5, 0.6) is 0 Å². The second-order valence-corrected chi connectivity index (χ2v) is 7.27. The van der Waals surface area contributed by atoms with Crippen LogP contribution in [0.1, 0.15) is 17.0 Å². The van der Waals surface area contributed by atoms with Crippen molar-refractivity contribution in [2.45, 2.75) is 24.4 Å². The average Bonchev–Trinajstić information content (AvgIpc) is 2.75. The molecule has 0 aromatic heterocycles. The van der Waals surface area contributed by atoms with Gasteiger partial charge in [0.05, 0.1) is 25.1 Å². The summed E-state index contributed by atoms with van der Waals surface area (Å²) in [4.78, 5) is 14.5. The smallest absolute Gasteiger partial charge is 0.228 e. The first-order valence-corrected chi connectivity index (χ1v) is 9.74. The number of aliphatic hydroxyl groups excluding tert-OH is 1. The number of carbonyl (C=O) groups excluding carboxylic acids is 1. The standard InChI is InChI=1S/C25H22N2O2/c26-16-22-25(21-14-8-7-13-20(21)19-11-5-2-6-12-19)23(17-28)27(22)24(29)15-18-9-3-1-4-10-18/h1-14,22-23,25,28H,15,17H2/t22-,23-,25+/m0/s1. The maximum absolute atomic E-state index is 12.9. The maximum Gasteiger partial charge on any atom is 0.228 e. The van der Waals surface area contributed by atoms with Crippen LogP contribution < -0.4 is 0 Å². The number of rotatable bonds is 5. The van der Waals surface area contributed by atoms with E-state index in [0.717, 1.165) is 22.3 Å². The molecule has 1 aliphatic heterocycles. The quantitative estimate of drug-likeness (QED) is 0.730. The zero-order valence-electron chi connectivity index (χ0n) is 16.0. The fourth-order valence-electron chi connectivity index (χ4n) is 4.25. The molecular weight excluding hydrogens is 360 g/mol. The second-order valence-electron chi connectivity index (χ2n) is 7.27. The number of aliphatic hydroxyl groups is 1. The largest absolute Gasteiger partial charge is 0.394 e. The van der Waals surface area contributed by atoms with Gasteiger partial charge in [0.15, 0.2) is 0 Å². The Bertz CT molecular complexity index is 1030. The van der Waals surface area contributed by atoms with Crippen molar-refractivity contribution in [2.75, 3.05) is 6.61 Å². The van der Waals surface area contributed by atoms with Gasteiger partial charge in [-0.3, -0.25) is 4.79 Å². The molecule has 3 atom stereocenters. The van der Waals surface area contributed by atoms with E-state index in [4.69, 9.17) is 0 Å². The van der Waals surface area contributed by atoms with Crippen molar-refractivity contribution in [1.29, 1.82) is 5.26 Å². The van der Waals surface area contributed by atoms with Crippen LogP contribution in [0.2, 0.25) is 0 Å². The minimum absolute atomic E-state index is 0.129. The van der Waals surface area contributed by atoms with E-state index in [1.165, 1.54) is 0 Å². The van der Waals surface area contributed by atoms with Crippen molar-refractivity contribution in [3.8, 4) is 17.2 Å². The van der Waals surface area contributed by atoms with Crippen LogP contribution in [-0.2, 0) is 11.2 Å². The van der Waals surface area contributed by atoms with Gasteiger partial charge in [-0.1, -0.05) is 84.9 Å². The Morgan fingerprint density at radius 1 is 0.931 bits per heavy atom. The van der Waals surface area contributed by atoms with Crippen LogP contribution >= 0.6 is 0 Å². The topological polar surface area (TPSA) is 64.3 Å². The number of carbonyl (C=O) groups is 1. The van der Waals surface area contributed by atoms with Gasteiger partial charge in [-0.15, -0.1) is 0 Å². The first kappa shape index (κ1) is 18.9. The third-order valence-electron chi connectivity index (χ3n) is 5.62. The Labute approximate surface area is 170 Å². The third kappa shape index (κ3) is 3.53. The van der Waals surface area contributed by atoms with Crippen molar-refractivity contribution in [1.82, 2.24) is 4.90 Å². The summed E-state index contributed by atoms with van der Waals surface area (Å²) in [5.74, 6) is -0.351. The van der Waals surface area contributed by atoms with Crippen molar-refractivity contribution < 1.29 is 9.90 Å². The summed E-state index contributed by atoms with van der Waals surface area (Å²) in [6.45, 7) is -0.174. The zero-order chi connectivity index (χ0) is 20.2. The second kappa shape index (κ2) is 8.30. The molecule has 4 rings (SSSR count). The number of benzene rings is 3. The van der Waals surface area contributed by atoms with E-state index in [2.05, 4.69) is 6.07 Å². The van der Waals surface area contributed by atoms with Crippen molar-refractivity contribution in [3.63, 3.8) is 0 Å². The molecule has 0 saturated carbocycles. The summed E-state index contributed by atoms with van der Waals surface area (Å²) in [6.07, 6.45) is 0.225. The van der Waals surface area contributed by atoms with E-state index in [9.17, 15) is 15.2 Å². The molecule has 4 heteroatoms. The number of hydrogen-bond donors (Lipinski definition) is 1. The number of hydrogen-bond acceptors (Lipinski definition) is 3. The van der Waals surface area contributed by atoms with Crippen LogP contribution in [0, 0.1) is 11.3 Å². The normalized spacial score (nSPS) is 20.6. The van der Waals surface area contributed by atoms with E-state index in [0.29, 0.717) is 0 Å². The highest BCUT2D eigenvalue weighted by Crippen LogP contribution is 2.44. The van der Waals surface area contributed by atoms with Crippen LogP contribution in [0.15, 0.2) is 84.9 Å². The lowest BCUT2D eigenvalue weighted by molar-refractivity contribution is -0.146.